The normalized spacial score (nSPS) is 11.3. The van der Waals surface area contributed by atoms with E-state index in [2.05, 4.69) is 0 Å². The second-order valence-corrected chi connectivity index (χ2v) is 3.68. The Morgan fingerprint density at radius 3 is 2.56 bits per heavy atom. The summed E-state index contributed by atoms with van der Waals surface area (Å²) in [5.74, 6) is -0.991. The Morgan fingerprint density at radius 1 is 1.39 bits per heavy atom. The van der Waals surface area contributed by atoms with Crippen molar-refractivity contribution in [3.05, 3.63) is 29.8 Å². The minimum Gasteiger partial charge on any atom is -0.508 e. The number of carbonyl (C=O) groups excluding carboxylic acids is 1. The minimum absolute atomic E-state index is 0.00676. The van der Waals surface area contributed by atoms with Crippen molar-refractivity contribution < 1.29 is 23.1 Å². The van der Waals surface area contributed by atoms with Gasteiger partial charge in [0.1, 0.15) is 12.3 Å². The lowest BCUT2D eigenvalue weighted by atomic mass is 10.2. The van der Waals surface area contributed by atoms with Crippen molar-refractivity contribution >= 4 is 5.91 Å². The fourth-order valence-corrected chi connectivity index (χ4v) is 1.45. The van der Waals surface area contributed by atoms with Crippen LogP contribution in [0, 0.1) is 0 Å². The summed E-state index contributed by atoms with van der Waals surface area (Å²) < 4.78 is 36.9. The molecule has 0 atom stereocenters. The topological polar surface area (TPSA) is 66.6 Å². The second-order valence-electron chi connectivity index (χ2n) is 3.68. The van der Waals surface area contributed by atoms with Crippen molar-refractivity contribution in [3.8, 4) is 5.75 Å². The fraction of sp³-hybridized carbons (Fsp3) is 0.364. The largest absolute Gasteiger partial charge is 0.508 e. The van der Waals surface area contributed by atoms with E-state index in [-0.39, 0.29) is 24.4 Å². The van der Waals surface area contributed by atoms with Gasteiger partial charge in [-0.3, -0.25) is 4.79 Å². The molecule has 1 amide bonds. The number of hydrogen-bond donors (Lipinski definition) is 2. The molecule has 0 aliphatic heterocycles. The molecule has 100 valence electrons. The quantitative estimate of drug-likeness (QED) is 0.860. The third-order valence-electron chi connectivity index (χ3n) is 2.15. The van der Waals surface area contributed by atoms with Gasteiger partial charge in [0.25, 0.3) is 5.91 Å². The molecule has 0 unspecified atom stereocenters. The number of rotatable bonds is 4. The van der Waals surface area contributed by atoms with Crippen LogP contribution in [0.15, 0.2) is 24.3 Å². The van der Waals surface area contributed by atoms with E-state index in [9.17, 15) is 23.1 Å². The van der Waals surface area contributed by atoms with E-state index in [4.69, 9.17) is 5.73 Å². The number of nitrogens with zero attached hydrogens (tertiary/aromatic N) is 1. The van der Waals surface area contributed by atoms with Gasteiger partial charge in [0, 0.05) is 18.7 Å². The predicted molar refractivity (Wildman–Crippen MR) is 59.1 cm³/mol. The van der Waals surface area contributed by atoms with Gasteiger partial charge in [-0.2, -0.15) is 13.2 Å². The maximum atomic E-state index is 12.3. The van der Waals surface area contributed by atoms with Crippen LogP contribution in [0.25, 0.3) is 0 Å². The standard InChI is InChI=1S/C11H13F3N2O2/c12-11(13,14)7-16(5-4-15)10(18)8-2-1-3-9(17)6-8/h1-3,6,17H,4-5,7,15H2. The van der Waals surface area contributed by atoms with Gasteiger partial charge in [0.2, 0.25) is 0 Å². The molecule has 0 spiro atoms. The molecular weight excluding hydrogens is 249 g/mol. The van der Waals surface area contributed by atoms with Crippen LogP contribution in [0.2, 0.25) is 0 Å². The van der Waals surface area contributed by atoms with Crippen LogP contribution in [0.1, 0.15) is 10.4 Å². The first-order chi connectivity index (χ1) is 8.33. The van der Waals surface area contributed by atoms with Crippen molar-refractivity contribution in [2.24, 2.45) is 5.73 Å². The Hall–Kier alpha value is -1.76. The van der Waals surface area contributed by atoms with E-state index in [0.29, 0.717) is 4.90 Å². The molecule has 3 N–H and O–H groups in total. The van der Waals surface area contributed by atoms with Gasteiger partial charge in [-0.05, 0) is 18.2 Å². The number of aromatic hydroxyl groups is 1. The van der Waals surface area contributed by atoms with Crippen molar-refractivity contribution in [2.45, 2.75) is 6.18 Å². The van der Waals surface area contributed by atoms with Crippen LogP contribution in [-0.4, -0.2) is 41.7 Å². The van der Waals surface area contributed by atoms with Crippen LogP contribution in [-0.2, 0) is 0 Å². The molecule has 0 fully saturated rings. The Balaban J connectivity index is 2.89. The van der Waals surface area contributed by atoms with E-state index in [0.717, 1.165) is 6.07 Å². The number of amides is 1. The van der Waals surface area contributed by atoms with E-state index >= 15 is 0 Å². The molecule has 1 aromatic rings. The number of hydrogen-bond acceptors (Lipinski definition) is 3. The van der Waals surface area contributed by atoms with Crippen LogP contribution in [0.4, 0.5) is 13.2 Å². The molecule has 1 aromatic carbocycles. The van der Waals surface area contributed by atoms with Gasteiger partial charge in [-0.15, -0.1) is 0 Å². The molecule has 4 nitrogen and oxygen atoms in total. The second kappa shape index (κ2) is 5.72. The van der Waals surface area contributed by atoms with Gasteiger partial charge in [-0.25, -0.2) is 0 Å². The number of benzene rings is 1. The summed E-state index contributed by atoms with van der Waals surface area (Å²) in [6.07, 6.45) is -4.48. The maximum absolute atomic E-state index is 12.3. The maximum Gasteiger partial charge on any atom is 0.406 e. The molecule has 0 saturated carbocycles. The first kappa shape index (κ1) is 14.3. The highest BCUT2D eigenvalue weighted by atomic mass is 19.4. The number of phenols is 1. The zero-order valence-electron chi connectivity index (χ0n) is 9.44. The number of halogens is 3. The van der Waals surface area contributed by atoms with Crippen molar-refractivity contribution in [1.29, 1.82) is 0 Å². The highest BCUT2D eigenvalue weighted by Gasteiger charge is 2.33. The lowest BCUT2D eigenvalue weighted by Gasteiger charge is -2.23. The highest BCUT2D eigenvalue weighted by molar-refractivity contribution is 5.94. The molecule has 18 heavy (non-hydrogen) atoms. The van der Waals surface area contributed by atoms with Gasteiger partial charge in [0.15, 0.2) is 0 Å². The van der Waals surface area contributed by atoms with E-state index < -0.39 is 18.6 Å². The van der Waals surface area contributed by atoms with Gasteiger partial charge in [0.05, 0.1) is 0 Å². The number of alkyl halides is 3. The van der Waals surface area contributed by atoms with Gasteiger partial charge < -0.3 is 15.7 Å². The molecule has 0 bridgehead atoms. The summed E-state index contributed by atoms with van der Waals surface area (Å²) in [7, 11) is 0. The summed E-state index contributed by atoms with van der Waals surface area (Å²) in [4.78, 5) is 12.4. The first-order valence-electron chi connectivity index (χ1n) is 5.18. The number of carbonyl (C=O) groups is 1. The molecule has 7 heteroatoms. The molecule has 0 saturated heterocycles. The fourth-order valence-electron chi connectivity index (χ4n) is 1.45. The average Bonchev–Trinajstić information content (AvgIpc) is 2.26. The average molecular weight is 262 g/mol. The zero-order chi connectivity index (χ0) is 13.8. The lowest BCUT2D eigenvalue weighted by Crippen LogP contribution is -2.41. The summed E-state index contributed by atoms with van der Waals surface area (Å²) in [5, 5.41) is 9.19. The molecule has 0 heterocycles. The van der Waals surface area contributed by atoms with Crippen molar-refractivity contribution in [2.75, 3.05) is 19.6 Å². The Morgan fingerprint density at radius 2 is 2.06 bits per heavy atom. The van der Waals surface area contributed by atoms with E-state index in [1.807, 2.05) is 0 Å². The molecule has 1 rings (SSSR count). The highest BCUT2D eigenvalue weighted by Crippen LogP contribution is 2.19. The van der Waals surface area contributed by atoms with E-state index in [1.54, 1.807) is 0 Å². The molecule has 0 aliphatic rings. The summed E-state index contributed by atoms with van der Waals surface area (Å²) in [5.41, 5.74) is 5.18. The van der Waals surface area contributed by atoms with Gasteiger partial charge >= 0.3 is 6.18 Å². The summed E-state index contributed by atoms with van der Waals surface area (Å²) in [6.45, 7) is -1.63. The molecule has 0 aromatic heterocycles. The molecular formula is C11H13F3N2O2. The first-order valence-corrected chi connectivity index (χ1v) is 5.18. The Kier molecular flexibility index (Phi) is 4.55. The Labute approximate surface area is 102 Å². The minimum atomic E-state index is -4.48. The molecule has 0 aliphatic carbocycles. The Bertz CT molecular complexity index is 421. The zero-order valence-corrected chi connectivity index (χ0v) is 9.44. The van der Waals surface area contributed by atoms with Gasteiger partial charge in [-0.1, -0.05) is 6.07 Å². The van der Waals surface area contributed by atoms with Crippen molar-refractivity contribution in [3.63, 3.8) is 0 Å². The molecule has 0 radical (unpaired) electrons. The van der Waals surface area contributed by atoms with E-state index in [1.165, 1.54) is 18.2 Å². The van der Waals surface area contributed by atoms with Crippen molar-refractivity contribution in [1.82, 2.24) is 4.90 Å². The third-order valence-corrected chi connectivity index (χ3v) is 2.15. The van der Waals surface area contributed by atoms with Crippen LogP contribution in [0.5, 0.6) is 5.75 Å². The SMILES string of the molecule is NCCN(CC(F)(F)F)C(=O)c1cccc(O)c1. The smallest absolute Gasteiger partial charge is 0.406 e. The summed E-state index contributed by atoms with van der Waals surface area (Å²) >= 11 is 0. The summed E-state index contributed by atoms with van der Waals surface area (Å²) in [6, 6.07) is 5.16. The number of phenolic OH excluding ortho intramolecular Hbond substituents is 1. The number of nitrogens with two attached hydrogens (primary N) is 1. The lowest BCUT2D eigenvalue weighted by molar-refractivity contribution is -0.140. The third kappa shape index (κ3) is 4.25. The monoisotopic (exact) mass is 262 g/mol. The predicted octanol–water partition coefficient (Wildman–Crippen LogP) is 1.36. The van der Waals surface area contributed by atoms with Crippen LogP contribution < -0.4 is 5.73 Å². The van der Waals surface area contributed by atoms with Crippen LogP contribution in [0.3, 0.4) is 0 Å². The van der Waals surface area contributed by atoms with Crippen LogP contribution >= 0.6 is 0 Å².